The number of aromatic nitrogens is 2. The highest BCUT2D eigenvalue weighted by Crippen LogP contribution is 2.21. The molecule has 26 heavy (non-hydrogen) atoms. The van der Waals surface area contributed by atoms with Gasteiger partial charge < -0.3 is 4.57 Å². The quantitative estimate of drug-likeness (QED) is 0.766. The van der Waals surface area contributed by atoms with Crippen LogP contribution in [0.25, 0.3) is 11.4 Å². The van der Waals surface area contributed by atoms with Crippen molar-refractivity contribution in [3.05, 3.63) is 78.1 Å². The second-order valence-corrected chi connectivity index (χ2v) is 6.02. The fourth-order valence-electron chi connectivity index (χ4n) is 2.93. The molecule has 1 aromatic heterocycles. The summed E-state index contributed by atoms with van der Waals surface area (Å²) in [6.45, 7) is 0.734. The van der Waals surface area contributed by atoms with Crippen LogP contribution in [0.2, 0.25) is 0 Å². The van der Waals surface area contributed by atoms with Gasteiger partial charge in [0.1, 0.15) is 11.5 Å². The summed E-state index contributed by atoms with van der Waals surface area (Å²) in [5.74, 6) is 0.856. The number of nitrogens with one attached hydrogen (secondary N) is 1. The molecule has 4 rings (SSSR count). The Bertz CT molecular complexity index is 919. The normalized spacial score (nSPS) is 13.5. The molecule has 0 saturated carbocycles. The zero-order valence-corrected chi connectivity index (χ0v) is 14.9. The SMILES string of the molecule is Cl.O=C1CCC(c2cn(Cc3ccccc3)c(-c3ccccc3)n2)=NN1. The van der Waals surface area contributed by atoms with E-state index < -0.39 is 0 Å². The first kappa shape index (κ1) is 17.9. The van der Waals surface area contributed by atoms with Crippen LogP contribution < -0.4 is 5.43 Å². The first-order valence-corrected chi connectivity index (χ1v) is 8.32. The van der Waals surface area contributed by atoms with Gasteiger partial charge in [-0.05, 0) is 5.56 Å². The van der Waals surface area contributed by atoms with E-state index in [0.717, 1.165) is 29.3 Å². The molecule has 0 unspecified atom stereocenters. The fourth-order valence-corrected chi connectivity index (χ4v) is 2.93. The van der Waals surface area contributed by atoms with Crippen molar-refractivity contribution in [2.75, 3.05) is 0 Å². The predicted molar refractivity (Wildman–Crippen MR) is 104 cm³/mol. The van der Waals surface area contributed by atoms with Crippen molar-refractivity contribution >= 4 is 24.0 Å². The van der Waals surface area contributed by atoms with E-state index >= 15 is 0 Å². The summed E-state index contributed by atoms with van der Waals surface area (Å²) in [6.07, 6.45) is 3.08. The van der Waals surface area contributed by atoms with E-state index in [1.165, 1.54) is 5.56 Å². The number of hydrazone groups is 1. The molecule has 0 fully saturated rings. The van der Waals surface area contributed by atoms with Crippen LogP contribution in [0.4, 0.5) is 0 Å². The number of carbonyl (C=O) groups is 1. The molecule has 132 valence electrons. The summed E-state index contributed by atoms with van der Waals surface area (Å²) in [5.41, 5.74) is 6.46. The summed E-state index contributed by atoms with van der Waals surface area (Å²) in [6, 6.07) is 20.4. The minimum atomic E-state index is -0.0456. The highest BCUT2D eigenvalue weighted by molar-refractivity contribution is 6.03. The van der Waals surface area contributed by atoms with Crippen molar-refractivity contribution in [3.63, 3.8) is 0 Å². The van der Waals surface area contributed by atoms with Crippen LogP contribution in [0.15, 0.2) is 72.0 Å². The van der Waals surface area contributed by atoms with E-state index in [1.807, 2.05) is 42.6 Å². The molecule has 1 aliphatic rings. The van der Waals surface area contributed by atoms with Gasteiger partial charge in [0.15, 0.2) is 0 Å². The van der Waals surface area contributed by atoms with Gasteiger partial charge in [-0.25, -0.2) is 10.4 Å². The van der Waals surface area contributed by atoms with Crippen LogP contribution in [0, 0.1) is 0 Å². The first-order valence-electron chi connectivity index (χ1n) is 8.32. The van der Waals surface area contributed by atoms with Crippen molar-refractivity contribution in [3.8, 4) is 11.4 Å². The van der Waals surface area contributed by atoms with E-state index in [0.29, 0.717) is 12.8 Å². The van der Waals surface area contributed by atoms with E-state index in [4.69, 9.17) is 4.98 Å². The zero-order chi connectivity index (χ0) is 17.1. The van der Waals surface area contributed by atoms with Gasteiger partial charge in [0.05, 0.1) is 5.71 Å². The molecule has 0 aliphatic carbocycles. The average molecular weight is 367 g/mol. The molecule has 0 radical (unpaired) electrons. The molecule has 0 spiro atoms. The second-order valence-electron chi connectivity index (χ2n) is 6.02. The summed E-state index contributed by atoms with van der Waals surface area (Å²) in [4.78, 5) is 16.1. The van der Waals surface area contributed by atoms with Gasteiger partial charge in [0.2, 0.25) is 5.91 Å². The number of rotatable bonds is 4. The van der Waals surface area contributed by atoms with Gasteiger partial charge in [0, 0.05) is 31.1 Å². The molecule has 1 N–H and O–H groups in total. The largest absolute Gasteiger partial charge is 0.326 e. The Balaban J connectivity index is 0.00000196. The lowest BCUT2D eigenvalue weighted by Crippen LogP contribution is -2.26. The van der Waals surface area contributed by atoms with Crippen LogP contribution in [-0.2, 0) is 11.3 Å². The number of hydrogen-bond donors (Lipinski definition) is 1. The molecule has 3 aromatic rings. The van der Waals surface area contributed by atoms with Crippen LogP contribution >= 0.6 is 12.4 Å². The van der Waals surface area contributed by atoms with E-state index in [2.05, 4.69) is 39.4 Å². The maximum atomic E-state index is 11.3. The monoisotopic (exact) mass is 366 g/mol. The number of benzene rings is 2. The lowest BCUT2D eigenvalue weighted by Gasteiger charge is -2.09. The Kier molecular flexibility index (Phi) is 5.49. The summed E-state index contributed by atoms with van der Waals surface area (Å²) in [7, 11) is 0. The van der Waals surface area contributed by atoms with Gasteiger partial charge >= 0.3 is 0 Å². The van der Waals surface area contributed by atoms with Crippen molar-refractivity contribution < 1.29 is 4.79 Å². The van der Waals surface area contributed by atoms with Crippen LogP contribution in [0.1, 0.15) is 24.1 Å². The van der Waals surface area contributed by atoms with E-state index in [1.54, 1.807) is 0 Å². The van der Waals surface area contributed by atoms with Crippen LogP contribution in [0.5, 0.6) is 0 Å². The molecule has 0 saturated heterocycles. The molecule has 2 heterocycles. The number of imidazole rings is 1. The Hall–Kier alpha value is -2.92. The molecule has 1 aliphatic heterocycles. The van der Waals surface area contributed by atoms with Gasteiger partial charge in [0.25, 0.3) is 0 Å². The standard InChI is InChI=1S/C20H18N4O.ClH/c25-19-12-11-17(22-23-19)18-14-24(13-15-7-3-1-4-8-15)20(21-18)16-9-5-2-6-10-16;/h1-10,14H,11-13H2,(H,23,25);1H. The molecule has 5 nitrogen and oxygen atoms in total. The third kappa shape index (κ3) is 3.83. The zero-order valence-electron chi connectivity index (χ0n) is 14.1. The Labute approximate surface area is 158 Å². The minimum Gasteiger partial charge on any atom is -0.326 e. The smallest absolute Gasteiger partial charge is 0.240 e. The fraction of sp³-hybridized carbons (Fsp3) is 0.150. The van der Waals surface area contributed by atoms with Crippen molar-refractivity contribution in [2.45, 2.75) is 19.4 Å². The Morgan fingerprint density at radius 1 is 0.962 bits per heavy atom. The summed E-state index contributed by atoms with van der Waals surface area (Å²) < 4.78 is 2.14. The minimum absolute atomic E-state index is 0. The molecular formula is C20H19ClN4O. The van der Waals surface area contributed by atoms with Gasteiger partial charge in [-0.2, -0.15) is 5.10 Å². The summed E-state index contributed by atoms with van der Waals surface area (Å²) >= 11 is 0. The molecule has 6 heteroatoms. The van der Waals surface area contributed by atoms with E-state index in [9.17, 15) is 4.79 Å². The second kappa shape index (κ2) is 7.97. The molecule has 1 amide bonds. The average Bonchev–Trinajstić information content (AvgIpc) is 3.08. The number of halogens is 1. The maximum Gasteiger partial charge on any atom is 0.240 e. The van der Waals surface area contributed by atoms with Crippen molar-refractivity contribution in [1.29, 1.82) is 0 Å². The van der Waals surface area contributed by atoms with Crippen LogP contribution in [-0.4, -0.2) is 21.2 Å². The van der Waals surface area contributed by atoms with Gasteiger partial charge in [-0.3, -0.25) is 4.79 Å². The predicted octanol–water partition coefficient (Wildman–Crippen LogP) is 3.63. The number of amides is 1. The first-order chi connectivity index (χ1) is 12.3. The topological polar surface area (TPSA) is 59.3 Å². The van der Waals surface area contributed by atoms with Gasteiger partial charge in [-0.15, -0.1) is 12.4 Å². The van der Waals surface area contributed by atoms with Crippen molar-refractivity contribution in [1.82, 2.24) is 15.0 Å². The third-order valence-corrected chi connectivity index (χ3v) is 4.20. The summed E-state index contributed by atoms with van der Waals surface area (Å²) in [5, 5.41) is 4.18. The number of carbonyl (C=O) groups excluding carboxylic acids is 1. The molecular weight excluding hydrogens is 348 g/mol. The Morgan fingerprint density at radius 3 is 2.31 bits per heavy atom. The number of hydrogen-bond acceptors (Lipinski definition) is 3. The lowest BCUT2D eigenvalue weighted by molar-refractivity contribution is -0.121. The highest BCUT2D eigenvalue weighted by Gasteiger charge is 2.18. The van der Waals surface area contributed by atoms with Gasteiger partial charge in [-0.1, -0.05) is 60.7 Å². The van der Waals surface area contributed by atoms with E-state index in [-0.39, 0.29) is 18.3 Å². The highest BCUT2D eigenvalue weighted by atomic mass is 35.5. The molecule has 2 aromatic carbocycles. The van der Waals surface area contributed by atoms with Crippen molar-refractivity contribution in [2.24, 2.45) is 5.10 Å². The maximum absolute atomic E-state index is 11.3. The Morgan fingerprint density at radius 2 is 1.65 bits per heavy atom. The van der Waals surface area contributed by atoms with Crippen LogP contribution in [0.3, 0.4) is 0 Å². The number of nitrogens with zero attached hydrogens (tertiary/aromatic N) is 3. The molecule has 0 atom stereocenters. The lowest BCUT2D eigenvalue weighted by atomic mass is 10.1. The third-order valence-electron chi connectivity index (χ3n) is 4.20. The molecule has 0 bridgehead atoms.